The summed E-state index contributed by atoms with van der Waals surface area (Å²) in [6.07, 6.45) is 2.61. The van der Waals surface area contributed by atoms with Crippen LogP contribution in [0.1, 0.15) is 18.6 Å². The normalized spacial score (nSPS) is 11.0. The summed E-state index contributed by atoms with van der Waals surface area (Å²) in [4.78, 5) is 20.9. The van der Waals surface area contributed by atoms with Crippen molar-refractivity contribution in [3.8, 4) is 0 Å². The summed E-state index contributed by atoms with van der Waals surface area (Å²) in [5.41, 5.74) is 1.33. The molecule has 0 N–H and O–H groups in total. The first-order valence-corrected chi connectivity index (χ1v) is 7.34. The first kappa shape index (κ1) is 15.4. The molecular formula is C15H13ClFN5O. The van der Waals surface area contributed by atoms with Crippen molar-refractivity contribution >= 4 is 39.9 Å². The highest BCUT2D eigenvalue weighted by atomic mass is 35.5. The number of hydrogen-bond donors (Lipinski definition) is 0. The molecular weight excluding hydrogens is 321 g/mol. The van der Waals surface area contributed by atoms with Crippen molar-refractivity contribution in [1.82, 2.24) is 19.7 Å². The van der Waals surface area contributed by atoms with E-state index in [0.717, 1.165) is 11.6 Å². The number of carbonyl (C=O) groups excluding carboxylic acids is 1. The van der Waals surface area contributed by atoms with Gasteiger partial charge in [0.15, 0.2) is 11.6 Å². The van der Waals surface area contributed by atoms with Crippen molar-refractivity contribution in [1.29, 1.82) is 0 Å². The van der Waals surface area contributed by atoms with Gasteiger partial charge in [-0.2, -0.15) is 10.1 Å². The minimum absolute atomic E-state index is 0.0357. The maximum Gasteiger partial charge on any atom is 0.244 e. The molecule has 0 amide bonds. The van der Waals surface area contributed by atoms with Crippen LogP contribution in [-0.4, -0.2) is 32.2 Å². The Morgan fingerprint density at radius 1 is 1.39 bits per heavy atom. The Hall–Kier alpha value is -2.54. The summed E-state index contributed by atoms with van der Waals surface area (Å²) >= 11 is 5.79. The summed E-state index contributed by atoms with van der Waals surface area (Å²) in [7, 11) is 0. The van der Waals surface area contributed by atoms with Crippen LogP contribution in [0.4, 0.5) is 15.9 Å². The molecule has 0 aliphatic heterocycles. The van der Waals surface area contributed by atoms with Crippen LogP contribution in [0, 0.1) is 5.82 Å². The van der Waals surface area contributed by atoms with Crippen molar-refractivity contribution in [2.75, 3.05) is 11.4 Å². The molecule has 0 saturated carbocycles. The number of benzene rings is 1. The zero-order chi connectivity index (χ0) is 16.6. The highest BCUT2D eigenvalue weighted by Gasteiger charge is 2.19. The molecule has 0 bridgehead atoms. The summed E-state index contributed by atoms with van der Waals surface area (Å²) in [5.74, 6) is -0.695. The van der Waals surface area contributed by atoms with Gasteiger partial charge in [0.05, 0.1) is 23.6 Å². The van der Waals surface area contributed by atoms with Crippen LogP contribution in [-0.2, 0) is 0 Å². The van der Waals surface area contributed by atoms with Crippen molar-refractivity contribution in [2.24, 2.45) is 0 Å². The molecule has 6 nitrogen and oxygen atoms in total. The van der Waals surface area contributed by atoms with Gasteiger partial charge in [0.1, 0.15) is 0 Å². The third kappa shape index (κ3) is 2.63. The molecule has 3 aromatic rings. The maximum absolute atomic E-state index is 14.1. The topological polar surface area (TPSA) is 63.9 Å². The van der Waals surface area contributed by atoms with Crippen molar-refractivity contribution in [3.63, 3.8) is 0 Å². The number of nitrogens with zero attached hydrogens (tertiary/aromatic N) is 5. The molecule has 0 unspecified atom stereocenters. The third-order valence-electron chi connectivity index (χ3n) is 3.45. The lowest BCUT2D eigenvalue weighted by molar-refractivity contribution is 0.0927. The number of rotatable bonds is 3. The van der Waals surface area contributed by atoms with Gasteiger partial charge in [0, 0.05) is 18.9 Å². The maximum atomic E-state index is 14.1. The van der Waals surface area contributed by atoms with E-state index in [1.165, 1.54) is 11.6 Å². The lowest BCUT2D eigenvalue weighted by Gasteiger charge is -2.23. The molecule has 0 saturated heterocycles. The predicted molar refractivity (Wildman–Crippen MR) is 85.7 cm³/mol. The molecule has 0 aliphatic rings. The molecule has 0 aliphatic carbocycles. The number of fused-ring (bicyclic) bond motifs is 1. The highest BCUT2D eigenvalue weighted by molar-refractivity contribution is 6.28. The van der Waals surface area contributed by atoms with Gasteiger partial charge in [-0.3, -0.25) is 4.79 Å². The van der Waals surface area contributed by atoms with E-state index in [4.69, 9.17) is 11.6 Å². The first-order chi connectivity index (χ1) is 11.0. The second-order valence-electron chi connectivity index (χ2n) is 4.84. The van der Waals surface area contributed by atoms with E-state index in [2.05, 4.69) is 15.1 Å². The predicted octanol–water partition coefficient (Wildman–Crippen LogP) is 3.44. The van der Waals surface area contributed by atoms with E-state index in [0.29, 0.717) is 17.7 Å². The van der Waals surface area contributed by atoms with Crippen LogP contribution < -0.4 is 4.90 Å². The Balaban J connectivity index is 2.21. The molecule has 0 radical (unpaired) electrons. The van der Waals surface area contributed by atoms with Gasteiger partial charge in [-0.05, 0) is 30.7 Å². The average molecular weight is 334 g/mol. The lowest BCUT2D eigenvalue weighted by Crippen LogP contribution is -2.19. The summed E-state index contributed by atoms with van der Waals surface area (Å²) in [5, 5.41) is 4.78. The minimum Gasteiger partial charge on any atom is -0.323 e. The summed E-state index contributed by atoms with van der Waals surface area (Å²) < 4.78 is 15.4. The fraction of sp³-hybridized carbons (Fsp3) is 0.200. The van der Waals surface area contributed by atoms with E-state index in [9.17, 15) is 9.18 Å². The van der Waals surface area contributed by atoms with Gasteiger partial charge in [-0.15, -0.1) is 0 Å². The Labute approximate surface area is 136 Å². The van der Waals surface area contributed by atoms with E-state index in [1.807, 2.05) is 13.0 Å². The quantitative estimate of drug-likeness (QED) is 0.687. The summed E-state index contributed by atoms with van der Waals surface area (Å²) in [6.45, 7) is 3.75. The number of halogens is 2. The highest BCUT2D eigenvalue weighted by Crippen LogP contribution is 2.32. The number of aromatic nitrogens is 4. The van der Waals surface area contributed by atoms with Crippen molar-refractivity contribution in [2.45, 2.75) is 13.8 Å². The van der Waals surface area contributed by atoms with Crippen LogP contribution in [0.15, 0.2) is 30.6 Å². The SMILES string of the molecule is CCN(c1nc(Cl)ncc1F)c1cccc2c1cnn2C(C)=O. The number of anilines is 2. The van der Waals surface area contributed by atoms with E-state index in [1.54, 1.807) is 23.2 Å². The second kappa shape index (κ2) is 5.92. The lowest BCUT2D eigenvalue weighted by atomic mass is 10.2. The smallest absolute Gasteiger partial charge is 0.244 e. The van der Waals surface area contributed by atoms with E-state index >= 15 is 0 Å². The van der Waals surface area contributed by atoms with Crippen molar-refractivity contribution < 1.29 is 9.18 Å². The minimum atomic E-state index is -0.577. The van der Waals surface area contributed by atoms with Crippen LogP contribution in [0.3, 0.4) is 0 Å². The molecule has 23 heavy (non-hydrogen) atoms. The second-order valence-corrected chi connectivity index (χ2v) is 5.18. The Morgan fingerprint density at radius 2 is 2.17 bits per heavy atom. The van der Waals surface area contributed by atoms with Gasteiger partial charge >= 0.3 is 0 Å². The molecule has 0 fully saturated rings. The molecule has 3 rings (SSSR count). The molecule has 118 valence electrons. The monoisotopic (exact) mass is 333 g/mol. The summed E-state index contributed by atoms with van der Waals surface area (Å²) in [6, 6.07) is 5.37. The molecule has 2 heterocycles. The Morgan fingerprint density at radius 3 is 2.87 bits per heavy atom. The van der Waals surface area contributed by atoms with Gasteiger partial charge in [0.2, 0.25) is 11.2 Å². The van der Waals surface area contributed by atoms with Crippen LogP contribution in [0.25, 0.3) is 10.9 Å². The Kier molecular flexibility index (Phi) is 3.96. The van der Waals surface area contributed by atoms with E-state index in [-0.39, 0.29) is 17.0 Å². The molecule has 0 spiro atoms. The molecule has 0 atom stereocenters. The van der Waals surface area contributed by atoms with Gasteiger partial charge in [-0.1, -0.05) is 6.07 Å². The first-order valence-electron chi connectivity index (χ1n) is 6.96. The van der Waals surface area contributed by atoms with Crippen molar-refractivity contribution in [3.05, 3.63) is 41.7 Å². The molecule has 2 aromatic heterocycles. The largest absolute Gasteiger partial charge is 0.323 e. The zero-order valence-electron chi connectivity index (χ0n) is 12.5. The van der Waals surface area contributed by atoms with Gasteiger partial charge in [0.25, 0.3) is 0 Å². The average Bonchev–Trinajstić information content (AvgIpc) is 2.96. The Bertz CT molecular complexity index is 895. The zero-order valence-corrected chi connectivity index (χ0v) is 13.3. The number of hydrogen-bond acceptors (Lipinski definition) is 5. The van der Waals surface area contributed by atoms with E-state index < -0.39 is 5.82 Å². The molecule has 1 aromatic carbocycles. The van der Waals surface area contributed by atoms with Gasteiger partial charge in [-0.25, -0.2) is 14.1 Å². The number of carbonyl (C=O) groups is 1. The van der Waals surface area contributed by atoms with Crippen LogP contribution in [0.2, 0.25) is 5.28 Å². The van der Waals surface area contributed by atoms with Gasteiger partial charge < -0.3 is 4.90 Å². The fourth-order valence-electron chi connectivity index (χ4n) is 2.48. The molecule has 8 heteroatoms. The van der Waals surface area contributed by atoms with Crippen LogP contribution in [0.5, 0.6) is 0 Å². The van der Waals surface area contributed by atoms with Crippen LogP contribution >= 0.6 is 11.6 Å². The standard InChI is InChI=1S/C15H13ClFN5O/c1-3-21(14-11(17)8-18-15(16)20-14)12-5-4-6-13-10(12)7-19-22(13)9(2)23/h4-8H,3H2,1-2H3. The third-order valence-corrected chi connectivity index (χ3v) is 3.63. The fourth-order valence-corrected chi connectivity index (χ4v) is 2.61.